The van der Waals surface area contributed by atoms with Gasteiger partial charge >= 0.3 is 0 Å². The number of anilines is 1. The molecule has 1 aromatic rings. The van der Waals surface area contributed by atoms with Gasteiger partial charge in [-0.3, -0.25) is 0 Å². The van der Waals surface area contributed by atoms with Crippen molar-refractivity contribution in [3.05, 3.63) is 23.6 Å². The molecule has 1 aliphatic rings. The molecule has 112 valence electrons. The van der Waals surface area contributed by atoms with Gasteiger partial charge in [-0.05, 0) is 32.9 Å². The molecule has 0 radical (unpaired) electrons. The van der Waals surface area contributed by atoms with Crippen molar-refractivity contribution in [2.75, 3.05) is 24.5 Å². The SMILES string of the molecule is CCCNCc1ccnc(N2C[C@@H](C)O[C@@H](C)C2)c1F. The fourth-order valence-corrected chi connectivity index (χ4v) is 2.58. The Hall–Kier alpha value is -1.20. The van der Waals surface area contributed by atoms with Crippen molar-refractivity contribution in [3.63, 3.8) is 0 Å². The summed E-state index contributed by atoms with van der Waals surface area (Å²) in [5, 5.41) is 3.23. The summed E-state index contributed by atoms with van der Waals surface area (Å²) >= 11 is 0. The first-order valence-corrected chi connectivity index (χ1v) is 7.36. The number of nitrogens with zero attached hydrogens (tertiary/aromatic N) is 2. The number of rotatable bonds is 5. The number of hydrogen-bond donors (Lipinski definition) is 1. The average Bonchev–Trinajstić information content (AvgIpc) is 2.40. The van der Waals surface area contributed by atoms with Crippen LogP contribution in [0.1, 0.15) is 32.8 Å². The van der Waals surface area contributed by atoms with Gasteiger partial charge in [0.05, 0.1) is 12.2 Å². The van der Waals surface area contributed by atoms with Crippen LogP contribution in [0.2, 0.25) is 0 Å². The van der Waals surface area contributed by atoms with Gasteiger partial charge in [0.15, 0.2) is 11.6 Å². The zero-order chi connectivity index (χ0) is 14.5. The van der Waals surface area contributed by atoms with Gasteiger partial charge in [0.1, 0.15) is 0 Å². The van der Waals surface area contributed by atoms with Crippen molar-refractivity contribution in [1.29, 1.82) is 0 Å². The smallest absolute Gasteiger partial charge is 0.170 e. The predicted octanol–water partition coefficient (Wildman–Crippen LogP) is 2.33. The van der Waals surface area contributed by atoms with Crippen molar-refractivity contribution in [2.45, 2.75) is 45.9 Å². The number of pyridine rings is 1. The van der Waals surface area contributed by atoms with E-state index >= 15 is 0 Å². The maximum Gasteiger partial charge on any atom is 0.170 e. The first kappa shape index (κ1) is 15.2. The Morgan fingerprint density at radius 2 is 2.10 bits per heavy atom. The number of morpholine rings is 1. The molecule has 1 fully saturated rings. The molecule has 0 bridgehead atoms. The Bertz CT molecular complexity index is 431. The van der Waals surface area contributed by atoms with Crippen LogP contribution in [0.15, 0.2) is 12.3 Å². The first-order chi connectivity index (χ1) is 9.61. The van der Waals surface area contributed by atoms with Crippen LogP contribution < -0.4 is 10.2 Å². The summed E-state index contributed by atoms with van der Waals surface area (Å²) in [4.78, 5) is 6.21. The molecule has 5 heteroatoms. The van der Waals surface area contributed by atoms with Gasteiger partial charge in [-0.1, -0.05) is 6.92 Å². The van der Waals surface area contributed by atoms with E-state index < -0.39 is 0 Å². The highest BCUT2D eigenvalue weighted by atomic mass is 19.1. The van der Waals surface area contributed by atoms with E-state index in [2.05, 4.69) is 17.2 Å². The lowest BCUT2D eigenvalue weighted by Gasteiger charge is -2.36. The molecular weight excluding hydrogens is 257 g/mol. The molecule has 0 aliphatic carbocycles. The quantitative estimate of drug-likeness (QED) is 0.841. The highest BCUT2D eigenvalue weighted by Gasteiger charge is 2.25. The monoisotopic (exact) mass is 281 g/mol. The van der Waals surface area contributed by atoms with E-state index in [4.69, 9.17) is 4.74 Å². The standard InChI is InChI=1S/C15H24FN3O/c1-4-6-17-8-13-5-7-18-15(14(13)16)19-9-11(2)20-12(3)10-19/h5,7,11-12,17H,4,6,8-10H2,1-3H3/t11-,12+. The number of aromatic nitrogens is 1. The van der Waals surface area contributed by atoms with Crippen LogP contribution >= 0.6 is 0 Å². The number of halogens is 1. The minimum atomic E-state index is -0.211. The van der Waals surface area contributed by atoms with Crippen LogP contribution in [-0.4, -0.2) is 36.8 Å². The third-order valence-corrected chi connectivity index (χ3v) is 3.41. The fraction of sp³-hybridized carbons (Fsp3) is 0.667. The first-order valence-electron chi connectivity index (χ1n) is 7.36. The van der Waals surface area contributed by atoms with Crippen molar-refractivity contribution < 1.29 is 9.13 Å². The van der Waals surface area contributed by atoms with Crippen LogP contribution in [0, 0.1) is 5.82 Å². The molecule has 0 saturated carbocycles. The molecule has 1 aliphatic heterocycles. The van der Waals surface area contributed by atoms with Gasteiger partial charge in [-0.15, -0.1) is 0 Å². The average molecular weight is 281 g/mol. The number of nitrogens with one attached hydrogen (secondary N) is 1. The summed E-state index contributed by atoms with van der Waals surface area (Å²) in [6, 6.07) is 1.74. The molecule has 1 N–H and O–H groups in total. The van der Waals surface area contributed by atoms with E-state index in [-0.39, 0.29) is 18.0 Å². The second kappa shape index (κ2) is 6.99. The molecule has 20 heavy (non-hydrogen) atoms. The Morgan fingerprint density at radius 3 is 2.75 bits per heavy atom. The minimum Gasteiger partial charge on any atom is -0.372 e. The number of ether oxygens (including phenoxy) is 1. The van der Waals surface area contributed by atoms with E-state index in [1.54, 1.807) is 12.3 Å². The maximum atomic E-state index is 14.6. The zero-order valence-corrected chi connectivity index (χ0v) is 12.5. The highest BCUT2D eigenvalue weighted by Crippen LogP contribution is 2.23. The van der Waals surface area contributed by atoms with E-state index in [1.165, 1.54) is 0 Å². The Kier molecular flexibility index (Phi) is 5.31. The number of hydrogen-bond acceptors (Lipinski definition) is 4. The molecule has 2 heterocycles. The van der Waals surface area contributed by atoms with E-state index in [0.717, 1.165) is 13.0 Å². The summed E-state index contributed by atoms with van der Waals surface area (Å²) < 4.78 is 20.2. The Morgan fingerprint density at radius 1 is 1.40 bits per heavy atom. The van der Waals surface area contributed by atoms with E-state index in [0.29, 0.717) is 31.0 Å². The fourth-order valence-electron chi connectivity index (χ4n) is 2.58. The lowest BCUT2D eigenvalue weighted by Crippen LogP contribution is -2.46. The highest BCUT2D eigenvalue weighted by molar-refractivity contribution is 5.43. The molecule has 0 amide bonds. The van der Waals surface area contributed by atoms with E-state index in [1.807, 2.05) is 18.7 Å². The van der Waals surface area contributed by atoms with Crippen molar-refractivity contribution in [3.8, 4) is 0 Å². The Labute approximate surface area is 120 Å². The molecule has 4 nitrogen and oxygen atoms in total. The van der Waals surface area contributed by atoms with Gasteiger partial charge < -0.3 is 15.0 Å². The lowest BCUT2D eigenvalue weighted by atomic mass is 10.2. The summed E-state index contributed by atoms with van der Waals surface area (Å²) in [6.07, 6.45) is 2.92. The second-order valence-corrected chi connectivity index (χ2v) is 5.45. The van der Waals surface area contributed by atoms with Gasteiger partial charge in [0.2, 0.25) is 0 Å². The van der Waals surface area contributed by atoms with Gasteiger partial charge in [-0.2, -0.15) is 0 Å². The van der Waals surface area contributed by atoms with Crippen LogP contribution in [-0.2, 0) is 11.3 Å². The maximum absolute atomic E-state index is 14.6. The summed E-state index contributed by atoms with van der Waals surface area (Å²) in [5.41, 5.74) is 0.676. The van der Waals surface area contributed by atoms with Crippen LogP contribution in [0.3, 0.4) is 0 Å². The van der Waals surface area contributed by atoms with Gasteiger partial charge in [0.25, 0.3) is 0 Å². The second-order valence-electron chi connectivity index (χ2n) is 5.45. The molecule has 0 unspecified atom stereocenters. The van der Waals surface area contributed by atoms with Crippen LogP contribution in [0.25, 0.3) is 0 Å². The molecular formula is C15H24FN3O. The van der Waals surface area contributed by atoms with Crippen LogP contribution in [0.4, 0.5) is 10.2 Å². The normalized spacial score (nSPS) is 23.1. The third-order valence-electron chi connectivity index (χ3n) is 3.41. The predicted molar refractivity (Wildman–Crippen MR) is 78.4 cm³/mol. The molecule has 0 spiro atoms. The van der Waals surface area contributed by atoms with Crippen molar-refractivity contribution >= 4 is 5.82 Å². The molecule has 2 rings (SSSR count). The molecule has 0 aromatic carbocycles. The summed E-state index contributed by atoms with van der Waals surface area (Å²) in [6.45, 7) is 8.91. The summed E-state index contributed by atoms with van der Waals surface area (Å²) in [5.74, 6) is 0.236. The van der Waals surface area contributed by atoms with Crippen molar-refractivity contribution in [1.82, 2.24) is 10.3 Å². The van der Waals surface area contributed by atoms with E-state index in [9.17, 15) is 4.39 Å². The zero-order valence-electron chi connectivity index (χ0n) is 12.5. The Balaban J connectivity index is 2.13. The summed E-state index contributed by atoms with van der Waals surface area (Å²) in [7, 11) is 0. The third kappa shape index (κ3) is 3.67. The van der Waals surface area contributed by atoms with Crippen molar-refractivity contribution in [2.24, 2.45) is 0 Å². The van der Waals surface area contributed by atoms with Crippen LogP contribution in [0.5, 0.6) is 0 Å². The molecule has 1 aromatic heterocycles. The molecule has 1 saturated heterocycles. The molecule has 2 atom stereocenters. The topological polar surface area (TPSA) is 37.4 Å². The lowest BCUT2D eigenvalue weighted by molar-refractivity contribution is -0.00566. The minimum absolute atomic E-state index is 0.0989. The largest absolute Gasteiger partial charge is 0.372 e. The van der Waals surface area contributed by atoms with Gasteiger partial charge in [0, 0.05) is 31.4 Å². The van der Waals surface area contributed by atoms with Gasteiger partial charge in [-0.25, -0.2) is 9.37 Å².